The van der Waals surface area contributed by atoms with Gasteiger partial charge in [0.05, 0.1) is 17.3 Å². The highest BCUT2D eigenvalue weighted by Gasteiger charge is 2.20. The number of benzene rings is 2. The maximum atomic E-state index is 12.7. The Kier molecular flexibility index (Phi) is 6.03. The normalized spacial score (nSPS) is 11.4. The van der Waals surface area contributed by atoms with Crippen LogP contribution in [0.15, 0.2) is 69.2 Å². The Morgan fingerprint density at radius 3 is 2.34 bits per heavy atom. The Morgan fingerprint density at radius 2 is 1.66 bits per heavy atom. The predicted molar refractivity (Wildman–Crippen MR) is 130 cm³/mol. The van der Waals surface area contributed by atoms with Gasteiger partial charge in [-0.15, -0.1) is 0 Å². The number of rotatable bonds is 5. The van der Waals surface area contributed by atoms with Crippen LogP contribution in [0.5, 0.6) is 5.75 Å². The van der Waals surface area contributed by atoms with Crippen molar-refractivity contribution in [3.05, 3.63) is 92.3 Å². The summed E-state index contributed by atoms with van der Waals surface area (Å²) in [6.45, 7) is 3.47. The molecule has 0 saturated carbocycles. The van der Waals surface area contributed by atoms with E-state index in [9.17, 15) is 22.8 Å². The minimum absolute atomic E-state index is 0.0549. The summed E-state index contributed by atoms with van der Waals surface area (Å²) in [5, 5.41) is 2.82. The van der Waals surface area contributed by atoms with Crippen molar-refractivity contribution in [3.63, 3.8) is 0 Å². The monoisotopic (exact) mass is 494 g/mol. The van der Waals surface area contributed by atoms with Crippen molar-refractivity contribution in [1.29, 1.82) is 0 Å². The molecule has 0 bridgehead atoms. The molecule has 0 radical (unpaired) electrons. The van der Waals surface area contributed by atoms with E-state index in [1.54, 1.807) is 19.9 Å². The number of fused-ring (bicyclic) bond motifs is 1. The summed E-state index contributed by atoms with van der Waals surface area (Å²) in [7, 11) is -1.19. The van der Waals surface area contributed by atoms with Gasteiger partial charge in [0.1, 0.15) is 16.3 Å². The zero-order chi connectivity index (χ0) is 25.5. The molecule has 1 amide bonds. The molecule has 2 aromatic carbocycles. The molecule has 0 atom stereocenters. The van der Waals surface area contributed by atoms with Gasteiger partial charge in [0, 0.05) is 19.7 Å². The number of pyridine rings is 1. The van der Waals surface area contributed by atoms with Gasteiger partial charge in [-0.1, -0.05) is 12.1 Å². The third kappa shape index (κ3) is 4.58. The first kappa shape index (κ1) is 23.9. The number of amides is 1. The molecular formula is C24H22N4O6S. The molecule has 2 heterocycles. The lowest BCUT2D eigenvalue weighted by Gasteiger charge is -2.11. The van der Waals surface area contributed by atoms with Gasteiger partial charge < -0.3 is 9.50 Å². The fourth-order valence-electron chi connectivity index (χ4n) is 3.55. The molecule has 0 unspecified atom stereocenters. The zero-order valence-corrected chi connectivity index (χ0v) is 20.2. The number of nitrogens with one attached hydrogen (secondary N) is 1. The number of hydrogen-bond donors (Lipinski definition) is 1. The SMILES string of the molecule is Cc1ccc(C)c(S(=O)(=O)Oc2ccc(C(=O)Nc3cnc4c(c3)c(=O)n(C)c(=O)n4C)cc2)c1. The molecule has 11 heteroatoms. The lowest BCUT2D eigenvalue weighted by Crippen LogP contribution is -2.37. The molecule has 0 aliphatic heterocycles. The third-order valence-electron chi connectivity index (χ3n) is 5.49. The standard InChI is InChI=1S/C24H22N4O6S/c1-14-5-6-15(2)20(11-14)35(32,33)34-18-9-7-16(8-10-18)22(29)26-17-12-19-21(25-13-17)27(3)24(31)28(4)23(19)30/h5-13H,1-4H3,(H,26,29). The van der Waals surface area contributed by atoms with E-state index in [2.05, 4.69) is 10.3 Å². The van der Waals surface area contributed by atoms with E-state index in [1.807, 2.05) is 6.07 Å². The quantitative estimate of drug-likeness (QED) is 0.421. The molecule has 0 spiro atoms. The van der Waals surface area contributed by atoms with E-state index in [0.29, 0.717) is 5.56 Å². The third-order valence-corrected chi connectivity index (χ3v) is 6.88. The van der Waals surface area contributed by atoms with Crippen molar-refractivity contribution in [3.8, 4) is 5.75 Å². The Labute approximate surface area is 200 Å². The Bertz CT molecular complexity index is 1700. The van der Waals surface area contributed by atoms with Crippen LogP contribution >= 0.6 is 0 Å². The highest BCUT2D eigenvalue weighted by atomic mass is 32.2. The Morgan fingerprint density at radius 1 is 0.971 bits per heavy atom. The van der Waals surface area contributed by atoms with Crippen molar-refractivity contribution in [1.82, 2.24) is 14.1 Å². The second kappa shape index (κ2) is 8.84. The van der Waals surface area contributed by atoms with E-state index < -0.39 is 27.3 Å². The molecule has 0 aliphatic carbocycles. The maximum Gasteiger partial charge on any atom is 0.339 e. The average molecular weight is 495 g/mol. The number of nitrogens with zero attached hydrogens (tertiary/aromatic N) is 3. The van der Waals surface area contributed by atoms with Gasteiger partial charge in [0.2, 0.25) is 0 Å². The van der Waals surface area contributed by atoms with Crippen molar-refractivity contribution in [2.75, 3.05) is 5.32 Å². The van der Waals surface area contributed by atoms with Gasteiger partial charge in [-0.2, -0.15) is 8.42 Å². The van der Waals surface area contributed by atoms with Gasteiger partial charge in [0.25, 0.3) is 11.5 Å². The number of aryl methyl sites for hydroxylation is 3. The van der Waals surface area contributed by atoms with Crippen molar-refractivity contribution in [2.45, 2.75) is 18.7 Å². The number of carbonyl (C=O) groups is 1. The molecule has 0 saturated heterocycles. The Hall–Kier alpha value is -4.25. The summed E-state index contributed by atoms with van der Waals surface area (Å²) in [5.74, 6) is -0.448. The lowest BCUT2D eigenvalue weighted by molar-refractivity contribution is 0.102. The largest absolute Gasteiger partial charge is 0.379 e. The first-order valence-electron chi connectivity index (χ1n) is 10.5. The van der Waals surface area contributed by atoms with Gasteiger partial charge >= 0.3 is 15.8 Å². The highest BCUT2D eigenvalue weighted by molar-refractivity contribution is 7.87. The average Bonchev–Trinajstić information content (AvgIpc) is 2.83. The first-order valence-corrected chi connectivity index (χ1v) is 11.9. The molecule has 2 aromatic heterocycles. The number of hydrogen-bond acceptors (Lipinski definition) is 7. The van der Waals surface area contributed by atoms with Crippen LogP contribution in [0.3, 0.4) is 0 Å². The molecule has 4 aromatic rings. The molecule has 180 valence electrons. The van der Waals surface area contributed by atoms with E-state index in [-0.39, 0.29) is 32.9 Å². The van der Waals surface area contributed by atoms with Crippen LogP contribution in [0.25, 0.3) is 11.0 Å². The second-order valence-corrected chi connectivity index (χ2v) is 9.60. The minimum Gasteiger partial charge on any atom is -0.379 e. The molecule has 10 nitrogen and oxygen atoms in total. The number of aromatic nitrogens is 3. The van der Waals surface area contributed by atoms with Crippen molar-refractivity contribution in [2.24, 2.45) is 14.1 Å². The maximum absolute atomic E-state index is 12.7. The minimum atomic E-state index is -4.05. The van der Waals surface area contributed by atoms with E-state index in [4.69, 9.17) is 4.18 Å². The summed E-state index contributed by atoms with van der Waals surface area (Å²) in [6, 6.07) is 12.1. The summed E-state index contributed by atoms with van der Waals surface area (Å²) in [4.78, 5) is 41.4. The molecular weight excluding hydrogens is 472 g/mol. The first-order chi connectivity index (χ1) is 16.5. The Balaban J connectivity index is 1.55. The topological polar surface area (TPSA) is 129 Å². The summed E-state index contributed by atoms with van der Waals surface area (Å²) >= 11 is 0. The molecule has 35 heavy (non-hydrogen) atoms. The second-order valence-electron chi connectivity index (χ2n) is 8.09. The van der Waals surface area contributed by atoms with Crippen molar-refractivity contribution < 1.29 is 17.4 Å². The van der Waals surface area contributed by atoms with Crippen LogP contribution in [0.4, 0.5) is 5.69 Å². The predicted octanol–water partition coefficient (Wildman–Crippen LogP) is 2.27. The van der Waals surface area contributed by atoms with Gasteiger partial charge in [-0.25, -0.2) is 9.78 Å². The van der Waals surface area contributed by atoms with Gasteiger partial charge in [-0.05, 0) is 61.4 Å². The molecule has 1 N–H and O–H groups in total. The van der Waals surface area contributed by atoms with Crippen LogP contribution in [-0.2, 0) is 24.2 Å². The van der Waals surface area contributed by atoms with Gasteiger partial charge in [0.15, 0.2) is 0 Å². The lowest BCUT2D eigenvalue weighted by atomic mass is 10.2. The fourth-order valence-corrected chi connectivity index (χ4v) is 4.79. The summed E-state index contributed by atoms with van der Waals surface area (Å²) in [6.07, 6.45) is 1.34. The smallest absolute Gasteiger partial charge is 0.339 e. The number of anilines is 1. The van der Waals surface area contributed by atoms with Gasteiger partial charge in [-0.3, -0.25) is 18.7 Å². The zero-order valence-electron chi connectivity index (χ0n) is 19.4. The van der Waals surface area contributed by atoms with Crippen LogP contribution < -0.4 is 20.7 Å². The molecule has 4 rings (SSSR count). The van der Waals surface area contributed by atoms with Crippen LogP contribution in [-0.4, -0.2) is 28.4 Å². The summed E-state index contributed by atoms with van der Waals surface area (Å²) < 4.78 is 32.8. The fraction of sp³-hybridized carbons (Fsp3) is 0.167. The number of carbonyl (C=O) groups excluding carboxylic acids is 1. The summed E-state index contributed by atoms with van der Waals surface area (Å²) in [5.41, 5.74) is 0.999. The highest BCUT2D eigenvalue weighted by Crippen LogP contribution is 2.23. The van der Waals surface area contributed by atoms with Crippen LogP contribution in [0.2, 0.25) is 0 Å². The molecule has 0 aliphatic rings. The van der Waals surface area contributed by atoms with E-state index in [1.165, 1.54) is 61.3 Å². The van der Waals surface area contributed by atoms with Crippen LogP contribution in [0, 0.1) is 13.8 Å². The van der Waals surface area contributed by atoms with Crippen LogP contribution in [0.1, 0.15) is 21.5 Å². The van der Waals surface area contributed by atoms with Crippen molar-refractivity contribution >= 4 is 32.7 Å². The molecule has 0 fully saturated rings. The van der Waals surface area contributed by atoms with E-state index >= 15 is 0 Å². The van der Waals surface area contributed by atoms with E-state index in [0.717, 1.165) is 10.1 Å².